The number of rotatable bonds is 2. The molecule has 0 atom stereocenters. The fraction of sp³-hybridized carbons (Fsp3) is 0. The highest BCUT2D eigenvalue weighted by atomic mass is 16.1. The molecule has 0 aliphatic rings. The van der Waals surface area contributed by atoms with Crippen LogP contribution in [0.15, 0.2) is 109 Å². The summed E-state index contributed by atoms with van der Waals surface area (Å²) in [4.78, 5) is 13.3. The zero-order chi connectivity index (χ0) is 20.1. The first-order valence-electron chi connectivity index (χ1n) is 10.2. The van der Waals surface area contributed by atoms with Crippen LogP contribution in [0.5, 0.6) is 0 Å². The third-order valence-electron chi connectivity index (χ3n) is 6.01. The first-order valence-corrected chi connectivity index (χ1v) is 10.2. The third-order valence-corrected chi connectivity index (χ3v) is 6.01. The smallest absolute Gasteiger partial charge is 0.193 e. The molecule has 0 aliphatic carbocycles. The van der Waals surface area contributed by atoms with E-state index < -0.39 is 0 Å². The van der Waals surface area contributed by atoms with Crippen LogP contribution in [0.4, 0.5) is 0 Å². The minimum Gasteiger partial charge on any atom is -0.289 e. The summed E-state index contributed by atoms with van der Waals surface area (Å²) in [7, 11) is 0. The first-order chi connectivity index (χ1) is 14.8. The molecule has 0 aromatic heterocycles. The first kappa shape index (κ1) is 16.9. The minimum absolute atomic E-state index is 0.0557. The van der Waals surface area contributed by atoms with Gasteiger partial charge in [-0.1, -0.05) is 97.1 Å². The van der Waals surface area contributed by atoms with Crippen LogP contribution in [-0.2, 0) is 0 Å². The van der Waals surface area contributed by atoms with Crippen molar-refractivity contribution in [3.8, 4) is 0 Å². The van der Waals surface area contributed by atoms with E-state index in [2.05, 4.69) is 84.9 Å². The van der Waals surface area contributed by atoms with Gasteiger partial charge in [0.1, 0.15) is 0 Å². The molecule has 0 bridgehead atoms. The summed E-state index contributed by atoms with van der Waals surface area (Å²) < 4.78 is 0. The molecule has 1 nitrogen and oxygen atoms in total. The fourth-order valence-electron chi connectivity index (χ4n) is 4.48. The molecular weight excluding hydrogens is 364 g/mol. The Labute approximate surface area is 174 Å². The number of carbonyl (C=O) groups is 1. The highest BCUT2D eigenvalue weighted by Gasteiger charge is 2.12. The van der Waals surface area contributed by atoms with Gasteiger partial charge in [-0.3, -0.25) is 4.79 Å². The lowest BCUT2D eigenvalue weighted by Crippen LogP contribution is -2.01. The molecule has 0 saturated carbocycles. The average molecular weight is 382 g/mol. The molecule has 0 spiro atoms. The maximum Gasteiger partial charge on any atom is 0.193 e. The van der Waals surface area contributed by atoms with Gasteiger partial charge in [0.25, 0.3) is 0 Å². The summed E-state index contributed by atoms with van der Waals surface area (Å²) in [6.45, 7) is 0. The van der Waals surface area contributed by atoms with Crippen molar-refractivity contribution >= 4 is 48.9 Å². The Bertz CT molecular complexity index is 1490. The molecular formula is C29H18O. The number of hydrogen-bond donors (Lipinski definition) is 0. The van der Waals surface area contributed by atoms with Crippen LogP contribution < -0.4 is 0 Å². The number of ketones is 1. The van der Waals surface area contributed by atoms with Gasteiger partial charge in [0.15, 0.2) is 5.78 Å². The van der Waals surface area contributed by atoms with Crippen LogP contribution in [-0.4, -0.2) is 5.78 Å². The van der Waals surface area contributed by atoms with Crippen molar-refractivity contribution in [1.29, 1.82) is 0 Å². The van der Waals surface area contributed by atoms with Crippen LogP contribution in [0.1, 0.15) is 15.9 Å². The molecule has 6 aromatic rings. The normalized spacial score (nSPS) is 11.5. The van der Waals surface area contributed by atoms with Crippen molar-refractivity contribution in [2.24, 2.45) is 0 Å². The Hall–Kier alpha value is -3.97. The molecule has 0 unspecified atom stereocenters. The topological polar surface area (TPSA) is 17.1 Å². The van der Waals surface area contributed by atoms with Gasteiger partial charge in [0.05, 0.1) is 0 Å². The lowest BCUT2D eigenvalue weighted by Gasteiger charge is -2.08. The van der Waals surface area contributed by atoms with E-state index in [-0.39, 0.29) is 5.78 Å². The minimum atomic E-state index is 0.0557. The van der Waals surface area contributed by atoms with Gasteiger partial charge in [-0.15, -0.1) is 0 Å². The van der Waals surface area contributed by atoms with Crippen molar-refractivity contribution < 1.29 is 4.79 Å². The zero-order valence-electron chi connectivity index (χ0n) is 16.3. The van der Waals surface area contributed by atoms with E-state index in [0.717, 1.165) is 21.9 Å². The summed E-state index contributed by atoms with van der Waals surface area (Å²) in [5, 5.41) is 9.39. The second-order valence-electron chi connectivity index (χ2n) is 7.77. The Morgan fingerprint density at radius 1 is 0.400 bits per heavy atom. The predicted molar refractivity (Wildman–Crippen MR) is 126 cm³/mol. The van der Waals surface area contributed by atoms with Crippen LogP contribution in [0.2, 0.25) is 0 Å². The molecule has 140 valence electrons. The van der Waals surface area contributed by atoms with E-state index >= 15 is 0 Å². The largest absolute Gasteiger partial charge is 0.289 e. The summed E-state index contributed by atoms with van der Waals surface area (Å²) in [6, 6.07) is 37.2. The van der Waals surface area contributed by atoms with Gasteiger partial charge in [0.2, 0.25) is 0 Å². The van der Waals surface area contributed by atoms with Crippen molar-refractivity contribution in [2.75, 3.05) is 0 Å². The van der Waals surface area contributed by atoms with E-state index in [1.54, 1.807) is 0 Å². The lowest BCUT2D eigenvalue weighted by atomic mass is 9.95. The standard InChI is InChI=1S/C29H18O/c30-29(23-13-15-27-21(17-23)11-9-19-5-1-3-7-25(19)27)24-14-16-28-22(18-24)12-10-20-6-2-4-8-26(20)28/h1-18H. The summed E-state index contributed by atoms with van der Waals surface area (Å²) in [5.74, 6) is 0.0557. The van der Waals surface area contributed by atoms with E-state index in [9.17, 15) is 4.79 Å². The number of fused-ring (bicyclic) bond motifs is 6. The number of benzene rings is 6. The van der Waals surface area contributed by atoms with E-state index in [1.807, 2.05) is 24.3 Å². The van der Waals surface area contributed by atoms with Gasteiger partial charge in [-0.2, -0.15) is 0 Å². The van der Waals surface area contributed by atoms with Gasteiger partial charge >= 0.3 is 0 Å². The van der Waals surface area contributed by atoms with Crippen molar-refractivity contribution in [3.63, 3.8) is 0 Å². The van der Waals surface area contributed by atoms with Crippen molar-refractivity contribution in [1.82, 2.24) is 0 Å². The average Bonchev–Trinajstić information content (AvgIpc) is 2.82. The Morgan fingerprint density at radius 3 is 1.30 bits per heavy atom. The second kappa shape index (κ2) is 6.53. The van der Waals surface area contributed by atoms with Crippen LogP contribution in [0, 0.1) is 0 Å². The van der Waals surface area contributed by atoms with Gasteiger partial charge in [0, 0.05) is 11.1 Å². The predicted octanol–water partition coefficient (Wildman–Crippen LogP) is 7.53. The lowest BCUT2D eigenvalue weighted by molar-refractivity contribution is 0.103. The van der Waals surface area contributed by atoms with Crippen LogP contribution >= 0.6 is 0 Å². The third kappa shape index (κ3) is 2.60. The second-order valence-corrected chi connectivity index (χ2v) is 7.77. The Morgan fingerprint density at radius 2 is 0.800 bits per heavy atom. The molecule has 0 amide bonds. The molecule has 0 N–H and O–H groups in total. The molecule has 6 rings (SSSR count). The summed E-state index contributed by atoms with van der Waals surface area (Å²) >= 11 is 0. The monoisotopic (exact) mass is 382 g/mol. The molecule has 0 aliphatic heterocycles. The maximum atomic E-state index is 13.3. The molecule has 1 heteroatoms. The summed E-state index contributed by atoms with van der Waals surface area (Å²) in [5.41, 5.74) is 1.44. The number of carbonyl (C=O) groups excluding carboxylic acids is 1. The quantitative estimate of drug-likeness (QED) is 0.223. The van der Waals surface area contributed by atoms with E-state index in [0.29, 0.717) is 0 Å². The highest BCUT2D eigenvalue weighted by molar-refractivity contribution is 6.16. The van der Waals surface area contributed by atoms with E-state index in [1.165, 1.54) is 32.3 Å². The van der Waals surface area contributed by atoms with Crippen LogP contribution in [0.3, 0.4) is 0 Å². The van der Waals surface area contributed by atoms with Crippen molar-refractivity contribution in [3.05, 3.63) is 120 Å². The van der Waals surface area contributed by atoms with Gasteiger partial charge in [-0.05, 0) is 55.2 Å². The molecule has 0 saturated heterocycles. The van der Waals surface area contributed by atoms with Gasteiger partial charge < -0.3 is 0 Å². The highest BCUT2D eigenvalue weighted by Crippen LogP contribution is 2.29. The van der Waals surface area contributed by atoms with E-state index in [4.69, 9.17) is 0 Å². The van der Waals surface area contributed by atoms with Crippen LogP contribution in [0.25, 0.3) is 43.1 Å². The molecule has 6 aromatic carbocycles. The zero-order valence-corrected chi connectivity index (χ0v) is 16.3. The maximum absolute atomic E-state index is 13.3. The van der Waals surface area contributed by atoms with Crippen molar-refractivity contribution in [2.45, 2.75) is 0 Å². The summed E-state index contributed by atoms with van der Waals surface area (Å²) in [6.07, 6.45) is 0. The SMILES string of the molecule is O=C(c1ccc2c(ccc3ccccc32)c1)c1ccc2c(ccc3ccccc32)c1. The fourth-order valence-corrected chi connectivity index (χ4v) is 4.48. The Balaban J connectivity index is 1.46. The molecule has 0 heterocycles. The Kier molecular flexibility index (Phi) is 3.69. The molecule has 0 fully saturated rings. The number of hydrogen-bond acceptors (Lipinski definition) is 1. The molecule has 30 heavy (non-hydrogen) atoms. The van der Waals surface area contributed by atoms with Gasteiger partial charge in [-0.25, -0.2) is 0 Å². The molecule has 0 radical (unpaired) electrons.